The number of allylic oxidation sites excluding steroid dienone is 4. The van der Waals surface area contributed by atoms with E-state index in [0.29, 0.717) is 6.79 Å². The van der Waals surface area contributed by atoms with E-state index in [-0.39, 0.29) is 11.9 Å². The van der Waals surface area contributed by atoms with Crippen molar-refractivity contribution < 1.29 is 14.3 Å². The summed E-state index contributed by atoms with van der Waals surface area (Å²) < 4.78 is 10.7. The standard InChI is InChI=1S/C24H33NO3/c1-3-20(2)25-24(26)15-13-11-9-7-5-4-6-8-10-12-14-21-16-17-22-23(18-21)28-19-27-22/h9,11-18,20H,3-8,10,19H2,1-2H3,(H,25,26)/t20-/m0/s1. The minimum Gasteiger partial charge on any atom is -0.454 e. The summed E-state index contributed by atoms with van der Waals surface area (Å²) in [4.78, 5) is 11.6. The average Bonchev–Trinajstić information content (AvgIpc) is 3.16. The first-order chi connectivity index (χ1) is 13.7. The predicted molar refractivity (Wildman–Crippen MR) is 115 cm³/mol. The lowest BCUT2D eigenvalue weighted by Crippen LogP contribution is -2.30. The van der Waals surface area contributed by atoms with E-state index in [2.05, 4.69) is 36.5 Å². The number of amides is 1. The highest BCUT2D eigenvalue weighted by molar-refractivity contribution is 5.87. The lowest BCUT2D eigenvalue weighted by atomic mass is 10.1. The van der Waals surface area contributed by atoms with Crippen LogP contribution in [0.2, 0.25) is 0 Å². The summed E-state index contributed by atoms with van der Waals surface area (Å²) in [5.74, 6) is 1.64. The van der Waals surface area contributed by atoms with Crippen LogP contribution in [0.1, 0.15) is 64.4 Å². The van der Waals surface area contributed by atoms with Gasteiger partial charge in [-0.25, -0.2) is 0 Å². The maximum absolute atomic E-state index is 11.6. The molecule has 0 saturated heterocycles. The third-order valence-electron chi connectivity index (χ3n) is 4.69. The van der Waals surface area contributed by atoms with Gasteiger partial charge >= 0.3 is 0 Å². The molecule has 1 N–H and O–H groups in total. The van der Waals surface area contributed by atoms with Gasteiger partial charge in [0.05, 0.1) is 0 Å². The van der Waals surface area contributed by atoms with Crippen molar-refractivity contribution in [3.05, 3.63) is 54.1 Å². The Morgan fingerprint density at radius 2 is 1.82 bits per heavy atom. The van der Waals surface area contributed by atoms with Crippen molar-refractivity contribution in [2.45, 2.75) is 64.8 Å². The molecule has 0 radical (unpaired) electrons. The largest absolute Gasteiger partial charge is 0.454 e. The first kappa shape index (κ1) is 21.8. The molecule has 1 heterocycles. The number of rotatable bonds is 12. The second-order valence-corrected chi connectivity index (χ2v) is 7.11. The van der Waals surface area contributed by atoms with Crippen LogP contribution < -0.4 is 14.8 Å². The van der Waals surface area contributed by atoms with Gasteiger partial charge in [-0.05, 0) is 56.7 Å². The molecule has 1 aromatic carbocycles. The fraction of sp³-hybridized carbons (Fsp3) is 0.458. The Bertz CT molecular complexity index is 691. The highest BCUT2D eigenvalue weighted by atomic mass is 16.7. The van der Waals surface area contributed by atoms with E-state index in [9.17, 15) is 4.79 Å². The van der Waals surface area contributed by atoms with E-state index in [1.807, 2.05) is 31.2 Å². The molecule has 2 rings (SSSR count). The summed E-state index contributed by atoms with van der Waals surface area (Å²) in [5, 5.41) is 2.91. The molecular formula is C24H33NO3. The third-order valence-corrected chi connectivity index (χ3v) is 4.69. The molecule has 0 saturated carbocycles. The Balaban J connectivity index is 1.48. The Kier molecular flexibility index (Phi) is 9.98. The number of nitrogens with one attached hydrogen (secondary N) is 1. The topological polar surface area (TPSA) is 47.6 Å². The lowest BCUT2D eigenvalue weighted by Gasteiger charge is -2.07. The second-order valence-electron chi connectivity index (χ2n) is 7.11. The minimum absolute atomic E-state index is 0.0206. The Hall–Kier alpha value is -2.49. The maximum atomic E-state index is 11.6. The molecule has 0 bridgehead atoms. The number of carbonyl (C=O) groups is 1. The van der Waals surface area contributed by atoms with Crippen LogP contribution in [0.25, 0.3) is 6.08 Å². The second kappa shape index (κ2) is 12.8. The van der Waals surface area contributed by atoms with Crippen LogP contribution in [0.5, 0.6) is 11.5 Å². The van der Waals surface area contributed by atoms with Crippen molar-refractivity contribution in [3.8, 4) is 11.5 Å². The molecule has 0 unspecified atom stereocenters. The minimum atomic E-state index is -0.0206. The summed E-state index contributed by atoms with van der Waals surface area (Å²) in [6, 6.07) is 6.27. The molecule has 0 aromatic heterocycles. The van der Waals surface area contributed by atoms with E-state index in [1.165, 1.54) is 25.7 Å². The van der Waals surface area contributed by atoms with Crippen molar-refractivity contribution in [1.29, 1.82) is 0 Å². The number of hydrogen-bond acceptors (Lipinski definition) is 3. The van der Waals surface area contributed by atoms with Gasteiger partial charge in [-0.2, -0.15) is 0 Å². The van der Waals surface area contributed by atoms with Crippen LogP contribution in [0, 0.1) is 0 Å². The zero-order valence-corrected chi connectivity index (χ0v) is 17.2. The van der Waals surface area contributed by atoms with Gasteiger partial charge in [0.1, 0.15) is 0 Å². The van der Waals surface area contributed by atoms with E-state index < -0.39 is 0 Å². The number of ether oxygens (including phenoxy) is 2. The van der Waals surface area contributed by atoms with Gasteiger partial charge in [0.2, 0.25) is 12.7 Å². The maximum Gasteiger partial charge on any atom is 0.244 e. The lowest BCUT2D eigenvalue weighted by molar-refractivity contribution is -0.117. The van der Waals surface area contributed by atoms with E-state index in [0.717, 1.165) is 36.3 Å². The third kappa shape index (κ3) is 8.47. The molecule has 1 atom stereocenters. The summed E-state index contributed by atoms with van der Waals surface area (Å²) in [7, 11) is 0. The number of hydrogen-bond donors (Lipinski definition) is 1. The molecule has 0 spiro atoms. The summed E-state index contributed by atoms with van der Waals surface area (Å²) in [6.45, 7) is 4.39. The highest BCUT2D eigenvalue weighted by Gasteiger charge is 2.11. The normalized spacial score (nSPS) is 14.4. The summed E-state index contributed by atoms with van der Waals surface area (Å²) in [6.07, 6.45) is 19.9. The van der Waals surface area contributed by atoms with E-state index in [1.54, 1.807) is 6.08 Å². The fourth-order valence-corrected chi connectivity index (χ4v) is 2.82. The van der Waals surface area contributed by atoms with Crippen molar-refractivity contribution in [1.82, 2.24) is 5.32 Å². The van der Waals surface area contributed by atoms with Crippen LogP contribution in [0.3, 0.4) is 0 Å². The van der Waals surface area contributed by atoms with Gasteiger partial charge in [0.25, 0.3) is 0 Å². The number of fused-ring (bicyclic) bond motifs is 1. The molecule has 1 amide bonds. The van der Waals surface area contributed by atoms with Crippen molar-refractivity contribution in [3.63, 3.8) is 0 Å². The molecule has 4 heteroatoms. The van der Waals surface area contributed by atoms with Crippen molar-refractivity contribution >= 4 is 12.0 Å². The van der Waals surface area contributed by atoms with Crippen LogP contribution in [-0.2, 0) is 4.79 Å². The zero-order valence-electron chi connectivity index (χ0n) is 17.2. The highest BCUT2D eigenvalue weighted by Crippen LogP contribution is 2.32. The predicted octanol–water partition coefficient (Wildman–Crippen LogP) is 5.80. The SMILES string of the molecule is CC[C@H](C)NC(=O)C=CC=CCCCCCCC=Cc1ccc2c(c1)OCO2. The first-order valence-corrected chi connectivity index (χ1v) is 10.4. The Morgan fingerprint density at radius 1 is 1.07 bits per heavy atom. The molecule has 1 aliphatic heterocycles. The van der Waals surface area contributed by atoms with Crippen LogP contribution in [0.15, 0.2) is 48.6 Å². The fourth-order valence-electron chi connectivity index (χ4n) is 2.82. The summed E-state index contributed by atoms with van der Waals surface area (Å²) >= 11 is 0. The quantitative estimate of drug-likeness (QED) is 0.282. The van der Waals surface area contributed by atoms with Gasteiger partial charge in [-0.3, -0.25) is 4.79 Å². The number of unbranched alkanes of at least 4 members (excludes halogenated alkanes) is 5. The molecule has 28 heavy (non-hydrogen) atoms. The molecule has 0 fully saturated rings. The van der Waals surface area contributed by atoms with Crippen molar-refractivity contribution in [2.75, 3.05) is 6.79 Å². The monoisotopic (exact) mass is 383 g/mol. The van der Waals surface area contributed by atoms with Gasteiger partial charge in [0, 0.05) is 12.1 Å². The van der Waals surface area contributed by atoms with Crippen LogP contribution in [0.4, 0.5) is 0 Å². The molecule has 0 aliphatic carbocycles. The molecule has 1 aliphatic rings. The first-order valence-electron chi connectivity index (χ1n) is 10.4. The molecular weight excluding hydrogens is 350 g/mol. The smallest absolute Gasteiger partial charge is 0.244 e. The van der Waals surface area contributed by atoms with Gasteiger partial charge in [0.15, 0.2) is 11.5 Å². The van der Waals surface area contributed by atoms with Crippen LogP contribution >= 0.6 is 0 Å². The molecule has 1 aromatic rings. The zero-order chi connectivity index (χ0) is 20.0. The van der Waals surface area contributed by atoms with Crippen molar-refractivity contribution in [2.24, 2.45) is 0 Å². The van der Waals surface area contributed by atoms with Gasteiger partial charge < -0.3 is 14.8 Å². The summed E-state index contributed by atoms with van der Waals surface area (Å²) in [5.41, 5.74) is 1.15. The average molecular weight is 384 g/mol. The van der Waals surface area contributed by atoms with E-state index >= 15 is 0 Å². The van der Waals surface area contributed by atoms with E-state index in [4.69, 9.17) is 9.47 Å². The Morgan fingerprint density at radius 3 is 2.61 bits per heavy atom. The number of benzene rings is 1. The Labute approximate surface area is 169 Å². The van der Waals surface area contributed by atoms with Crippen LogP contribution in [-0.4, -0.2) is 18.7 Å². The molecule has 152 valence electrons. The number of carbonyl (C=O) groups excluding carboxylic acids is 1. The molecule has 4 nitrogen and oxygen atoms in total. The van der Waals surface area contributed by atoms with Gasteiger partial charge in [-0.1, -0.05) is 56.2 Å². The van der Waals surface area contributed by atoms with Gasteiger partial charge in [-0.15, -0.1) is 0 Å².